The molecule has 0 saturated carbocycles. The minimum absolute atomic E-state index is 0.00470. The Labute approximate surface area is 171 Å². The van der Waals surface area contributed by atoms with Crippen LogP contribution >= 0.6 is 0 Å². The Balaban J connectivity index is 1.74. The molecule has 0 aliphatic heterocycles. The number of amides is 1. The van der Waals surface area contributed by atoms with Crippen molar-refractivity contribution in [3.63, 3.8) is 0 Å². The highest BCUT2D eigenvalue weighted by atomic mass is 16.5. The first-order valence-electron chi connectivity index (χ1n) is 10.2. The molecule has 29 heavy (non-hydrogen) atoms. The minimum Gasteiger partial charge on any atom is -0.358 e. The van der Waals surface area contributed by atoms with Crippen LogP contribution in [-0.4, -0.2) is 22.6 Å². The molecule has 0 bridgehead atoms. The van der Waals surface area contributed by atoms with E-state index in [4.69, 9.17) is 4.52 Å². The van der Waals surface area contributed by atoms with Gasteiger partial charge in [0.1, 0.15) is 6.04 Å². The topological polar surface area (TPSA) is 95.7 Å². The van der Waals surface area contributed by atoms with E-state index < -0.39 is 0 Å². The average Bonchev–Trinajstić information content (AvgIpc) is 3.22. The molecule has 6 nitrogen and oxygen atoms in total. The number of carbonyl (C=O) groups excluding carboxylic acids is 1. The van der Waals surface area contributed by atoms with Gasteiger partial charge in [0, 0.05) is 18.4 Å². The highest BCUT2D eigenvalue weighted by molar-refractivity contribution is 5.76. The summed E-state index contributed by atoms with van der Waals surface area (Å²) in [5, 5.41) is 7.21. The number of unbranched alkanes of at least 4 members (excludes halogenated alkanes) is 2. The van der Waals surface area contributed by atoms with Gasteiger partial charge in [-0.2, -0.15) is 4.98 Å². The molecule has 1 amide bonds. The Morgan fingerprint density at radius 3 is 2.55 bits per heavy atom. The van der Waals surface area contributed by atoms with Crippen molar-refractivity contribution >= 4 is 5.91 Å². The van der Waals surface area contributed by atoms with Gasteiger partial charge in [0.2, 0.25) is 17.6 Å². The van der Waals surface area contributed by atoms with Gasteiger partial charge in [-0.3, -0.25) is 4.79 Å². The molecule has 1 heterocycles. The van der Waals surface area contributed by atoms with Gasteiger partial charge in [0.15, 0.2) is 0 Å². The Morgan fingerprint density at radius 1 is 1.07 bits per heavy atom. The van der Waals surface area contributed by atoms with Crippen molar-refractivity contribution in [3.05, 3.63) is 71.6 Å². The molecule has 3 aromatic rings. The molecule has 0 unspecified atom stereocenters. The summed E-state index contributed by atoms with van der Waals surface area (Å²) >= 11 is 0. The molecule has 0 radical (unpaired) electrons. The number of hydrogen-bond donors (Lipinski definition) is 2. The molecular weight excluding hydrogens is 364 g/mol. The van der Waals surface area contributed by atoms with Crippen LogP contribution < -0.4 is 11.1 Å². The van der Waals surface area contributed by atoms with Crippen molar-refractivity contribution in [1.82, 2.24) is 15.5 Å². The summed E-state index contributed by atoms with van der Waals surface area (Å²) in [6, 6.07) is 17.6. The third kappa shape index (κ3) is 6.26. The van der Waals surface area contributed by atoms with E-state index in [-0.39, 0.29) is 11.9 Å². The lowest BCUT2D eigenvalue weighted by atomic mass is 10.1. The van der Waals surface area contributed by atoms with Crippen LogP contribution in [-0.2, 0) is 11.2 Å². The van der Waals surface area contributed by atoms with E-state index in [2.05, 4.69) is 21.2 Å². The summed E-state index contributed by atoms with van der Waals surface area (Å²) < 4.78 is 5.54. The third-order valence-electron chi connectivity index (χ3n) is 4.82. The fourth-order valence-corrected chi connectivity index (χ4v) is 3.15. The van der Waals surface area contributed by atoms with Crippen LogP contribution in [0.3, 0.4) is 0 Å². The average molecular weight is 394 g/mol. The fourth-order valence-electron chi connectivity index (χ4n) is 3.15. The Bertz CT molecular complexity index is 891. The number of rotatable bonds is 10. The maximum Gasteiger partial charge on any atom is 0.249 e. The Kier molecular flexibility index (Phi) is 7.53. The lowest BCUT2D eigenvalue weighted by Gasteiger charge is -2.15. The van der Waals surface area contributed by atoms with E-state index in [1.807, 2.05) is 61.5 Å². The summed E-state index contributed by atoms with van der Waals surface area (Å²) in [6.45, 7) is 2.94. The molecule has 2 aromatic carbocycles. The number of nitrogens with zero attached hydrogens (tertiary/aromatic N) is 2. The van der Waals surface area contributed by atoms with Crippen molar-refractivity contribution in [2.45, 2.75) is 45.1 Å². The molecular formula is C23H29N4O2+. The first-order valence-corrected chi connectivity index (χ1v) is 10.2. The molecule has 0 fully saturated rings. The van der Waals surface area contributed by atoms with Crippen molar-refractivity contribution in [2.75, 3.05) is 6.54 Å². The SMILES string of the molecule is Cc1ccc(-c2noc([C@@H](Cc3ccccc3)NC(=O)CCCCC[NH3+])n2)cc1. The van der Waals surface area contributed by atoms with Crippen LogP contribution in [0.1, 0.15) is 48.7 Å². The van der Waals surface area contributed by atoms with Gasteiger partial charge in [-0.25, -0.2) is 0 Å². The van der Waals surface area contributed by atoms with Crippen LogP contribution in [0.5, 0.6) is 0 Å². The number of quaternary nitrogens is 1. The van der Waals surface area contributed by atoms with Gasteiger partial charge in [-0.15, -0.1) is 0 Å². The molecule has 0 aliphatic rings. The zero-order valence-electron chi connectivity index (χ0n) is 16.9. The number of carbonyl (C=O) groups is 1. The Morgan fingerprint density at radius 2 is 1.83 bits per heavy atom. The molecule has 152 valence electrons. The molecule has 4 N–H and O–H groups in total. The smallest absolute Gasteiger partial charge is 0.249 e. The maximum atomic E-state index is 12.5. The van der Waals surface area contributed by atoms with Crippen LogP contribution in [0.15, 0.2) is 59.1 Å². The molecule has 1 aromatic heterocycles. The molecule has 1 atom stereocenters. The van der Waals surface area contributed by atoms with Gasteiger partial charge in [-0.05, 0) is 31.7 Å². The van der Waals surface area contributed by atoms with E-state index in [1.165, 1.54) is 5.56 Å². The number of aromatic nitrogens is 2. The number of nitrogens with one attached hydrogen (secondary N) is 1. The first-order chi connectivity index (χ1) is 14.2. The third-order valence-corrected chi connectivity index (χ3v) is 4.82. The van der Waals surface area contributed by atoms with Crippen LogP contribution in [0.25, 0.3) is 11.4 Å². The highest BCUT2D eigenvalue weighted by Gasteiger charge is 2.22. The second-order valence-corrected chi connectivity index (χ2v) is 7.30. The van der Waals surface area contributed by atoms with Gasteiger partial charge in [0.05, 0.1) is 6.54 Å². The Hall–Kier alpha value is -2.99. The van der Waals surface area contributed by atoms with Crippen molar-refractivity contribution in [2.24, 2.45) is 0 Å². The fraction of sp³-hybridized carbons (Fsp3) is 0.348. The standard InChI is InChI=1S/C23H28N4O2/c1-17-11-13-19(14-12-17)22-26-23(29-27-22)20(16-18-8-4-2-5-9-18)25-21(28)10-6-3-7-15-24/h2,4-5,8-9,11-14,20H,3,6-7,10,15-16,24H2,1H3,(H,25,28)/p+1/t20-/m1/s1. The quantitative estimate of drug-likeness (QED) is 0.517. The molecule has 6 heteroatoms. The van der Waals surface area contributed by atoms with E-state index in [0.29, 0.717) is 24.6 Å². The highest BCUT2D eigenvalue weighted by Crippen LogP contribution is 2.22. The van der Waals surface area contributed by atoms with Crippen LogP contribution in [0, 0.1) is 6.92 Å². The summed E-state index contributed by atoms with van der Waals surface area (Å²) in [4.78, 5) is 17.0. The zero-order chi connectivity index (χ0) is 20.5. The second-order valence-electron chi connectivity index (χ2n) is 7.30. The molecule has 3 rings (SSSR count). The molecule has 0 saturated heterocycles. The summed E-state index contributed by atoms with van der Waals surface area (Å²) in [7, 11) is 0. The van der Waals surface area contributed by atoms with E-state index in [0.717, 1.165) is 36.9 Å². The van der Waals surface area contributed by atoms with Crippen molar-refractivity contribution in [3.8, 4) is 11.4 Å². The predicted octanol–water partition coefficient (Wildman–Crippen LogP) is 3.25. The number of benzene rings is 2. The maximum absolute atomic E-state index is 12.5. The summed E-state index contributed by atoms with van der Waals surface area (Å²) in [5.41, 5.74) is 7.01. The molecule has 0 aliphatic carbocycles. The largest absolute Gasteiger partial charge is 0.358 e. The van der Waals surface area contributed by atoms with Gasteiger partial charge < -0.3 is 15.6 Å². The van der Waals surface area contributed by atoms with Gasteiger partial charge in [-0.1, -0.05) is 65.3 Å². The number of hydrogen-bond acceptors (Lipinski definition) is 4. The van der Waals surface area contributed by atoms with E-state index >= 15 is 0 Å². The second kappa shape index (κ2) is 10.5. The summed E-state index contributed by atoms with van der Waals surface area (Å²) in [5.74, 6) is 0.961. The van der Waals surface area contributed by atoms with Crippen LogP contribution in [0.4, 0.5) is 0 Å². The zero-order valence-corrected chi connectivity index (χ0v) is 16.9. The molecule has 0 spiro atoms. The lowest BCUT2D eigenvalue weighted by molar-refractivity contribution is -0.368. The summed E-state index contributed by atoms with van der Waals surface area (Å²) in [6.07, 6.45) is 4.01. The first kappa shape index (κ1) is 20.7. The van der Waals surface area contributed by atoms with Crippen molar-refractivity contribution in [1.29, 1.82) is 0 Å². The van der Waals surface area contributed by atoms with E-state index in [1.54, 1.807) is 0 Å². The monoisotopic (exact) mass is 393 g/mol. The normalized spacial score (nSPS) is 11.9. The predicted molar refractivity (Wildman–Crippen MR) is 112 cm³/mol. The van der Waals surface area contributed by atoms with E-state index in [9.17, 15) is 4.79 Å². The van der Waals surface area contributed by atoms with Gasteiger partial charge in [0.25, 0.3) is 0 Å². The number of aryl methyl sites for hydroxylation is 1. The van der Waals surface area contributed by atoms with Crippen molar-refractivity contribution < 1.29 is 15.1 Å². The minimum atomic E-state index is -0.357. The van der Waals surface area contributed by atoms with Gasteiger partial charge >= 0.3 is 0 Å². The van der Waals surface area contributed by atoms with Crippen LogP contribution in [0.2, 0.25) is 0 Å². The lowest BCUT2D eigenvalue weighted by Crippen LogP contribution is -2.50.